The fraction of sp³-hybridized carbons (Fsp3) is 0.600. The summed E-state index contributed by atoms with van der Waals surface area (Å²) in [5, 5.41) is 3.52. The summed E-state index contributed by atoms with van der Waals surface area (Å²) in [4.78, 5) is 0. The Morgan fingerprint density at radius 1 is 1.39 bits per heavy atom. The first-order chi connectivity index (χ1) is 8.90. The summed E-state index contributed by atoms with van der Waals surface area (Å²) in [6.45, 7) is 3.92. The van der Waals surface area contributed by atoms with E-state index in [9.17, 15) is 0 Å². The van der Waals surface area contributed by atoms with E-state index >= 15 is 0 Å². The molecule has 0 saturated carbocycles. The lowest BCUT2D eigenvalue weighted by Crippen LogP contribution is -2.30. The molecule has 1 aromatic rings. The van der Waals surface area contributed by atoms with Crippen molar-refractivity contribution in [2.75, 3.05) is 33.4 Å². The molecule has 1 unspecified atom stereocenters. The summed E-state index contributed by atoms with van der Waals surface area (Å²) in [7, 11) is 1.73. The van der Waals surface area contributed by atoms with Gasteiger partial charge in [0, 0.05) is 13.2 Å². The number of para-hydroxylation sites is 1. The van der Waals surface area contributed by atoms with Crippen molar-refractivity contribution in [3.63, 3.8) is 0 Å². The van der Waals surface area contributed by atoms with Gasteiger partial charge in [0.25, 0.3) is 0 Å². The van der Waals surface area contributed by atoms with Crippen LogP contribution in [0.5, 0.6) is 5.75 Å². The van der Waals surface area contributed by atoms with Crippen LogP contribution in [0.1, 0.15) is 18.4 Å². The third kappa shape index (κ3) is 4.00. The van der Waals surface area contributed by atoms with Crippen LogP contribution in [0.25, 0.3) is 0 Å². The van der Waals surface area contributed by atoms with E-state index in [1.54, 1.807) is 7.11 Å². The van der Waals surface area contributed by atoms with Crippen molar-refractivity contribution in [3.05, 3.63) is 29.8 Å². The molecule has 3 nitrogen and oxygen atoms in total. The minimum absolute atomic E-state index is 0.691. The lowest BCUT2D eigenvalue weighted by Gasteiger charge is -2.22. The van der Waals surface area contributed by atoms with Crippen LogP contribution in [-0.4, -0.2) is 33.4 Å². The van der Waals surface area contributed by atoms with Gasteiger partial charge in [0.15, 0.2) is 0 Å². The minimum Gasteiger partial charge on any atom is -0.496 e. The molecule has 1 aromatic carbocycles. The van der Waals surface area contributed by atoms with E-state index < -0.39 is 0 Å². The first-order valence-electron chi connectivity index (χ1n) is 6.80. The first kappa shape index (κ1) is 13.4. The minimum atomic E-state index is 0.691. The molecular formula is C15H23NO2. The van der Waals surface area contributed by atoms with Crippen molar-refractivity contribution >= 4 is 0 Å². The van der Waals surface area contributed by atoms with Gasteiger partial charge in [0.05, 0.1) is 13.7 Å². The zero-order chi connectivity index (χ0) is 12.6. The zero-order valence-electron chi connectivity index (χ0n) is 11.2. The maximum atomic E-state index is 5.47. The highest BCUT2D eigenvalue weighted by Gasteiger charge is 2.12. The number of hydrogen-bond donors (Lipinski definition) is 1. The fourth-order valence-corrected chi connectivity index (χ4v) is 2.41. The molecule has 0 bridgehead atoms. The third-order valence-corrected chi connectivity index (χ3v) is 3.45. The van der Waals surface area contributed by atoms with Crippen molar-refractivity contribution in [2.45, 2.75) is 19.3 Å². The summed E-state index contributed by atoms with van der Waals surface area (Å²) >= 11 is 0. The molecule has 3 heteroatoms. The molecule has 1 N–H and O–H groups in total. The Hall–Kier alpha value is -1.06. The van der Waals surface area contributed by atoms with Crippen LogP contribution in [0.3, 0.4) is 0 Å². The maximum Gasteiger partial charge on any atom is 0.122 e. The van der Waals surface area contributed by atoms with Crippen molar-refractivity contribution < 1.29 is 9.47 Å². The van der Waals surface area contributed by atoms with Gasteiger partial charge < -0.3 is 14.8 Å². The molecular weight excluding hydrogens is 226 g/mol. The predicted molar refractivity (Wildman–Crippen MR) is 73.1 cm³/mol. The molecule has 2 rings (SSSR count). The SMILES string of the molecule is COc1ccccc1CCNCC1CCCOC1. The molecule has 1 aliphatic rings. The molecule has 0 aliphatic carbocycles. The Balaban J connectivity index is 1.68. The predicted octanol–water partition coefficient (Wildman–Crippen LogP) is 2.25. The lowest BCUT2D eigenvalue weighted by molar-refractivity contribution is 0.0549. The average molecular weight is 249 g/mol. The van der Waals surface area contributed by atoms with Crippen LogP contribution in [0.4, 0.5) is 0 Å². The lowest BCUT2D eigenvalue weighted by atomic mass is 10.0. The first-order valence-corrected chi connectivity index (χ1v) is 6.80. The van der Waals surface area contributed by atoms with Gasteiger partial charge in [-0.2, -0.15) is 0 Å². The maximum absolute atomic E-state index is 5.47. The molecule has 0 amide bonds. The highest BCUT2D eigenvalue weighted by molar-refractivity contribution is 5.33. The Kier molecular flexibility index (Phi) is 5.49. The molecule has 18 heavy (non-hydrogen) atoms. The molecule has 0 radical (unpaired) electrons. The van der Waals surface area contributed by atoms with E-state index in [-0.39, 0.29) is 0 Å². The molecule has 1 saturated heterocycles. The van der Waals surface area contributed by atoms with Crippen LogP contribution in [0.15, 0.2) is 24.3 Å². The number of rotatable bonds is 6. The van der Waals surface area contributed by atoms with Gasteiger partial charge in [-0.3, -0.25) is 0 Å². The van der Waals surface area contributed by atoms with Gasteiger partial charge in [0.1, 0.15) is 5.75 Å². The fourth-order valence-electron chi connectivity index (χ4n) is 2.41. The van der Waals surface area contributed by atoms with Crippen molar-refractivity contribution in [3.8, 4) is 5.75 Å². The Morgan fingerprint density at radius 2 is 2.28 bits per heavy atom. The quantitative estimate of drug-likeness (QED) is 0.784. The molecule has 100 valence electrons. The van der Waals surface area contributed by atoms with E-state index in [0.717, 1.165) is 38.5 Å². The summed E-state index contributed by atoms with van der Waals surface area (Å²) in [5.41, 5.74) is 1.27. The van der Waals surface area contributed by atoms with Crippen molar-refractivity contribution in [1.82, 2.24) is 5.32 Å². The number of benzene rings is 1. The van der Waals surface area contributed by atoms with Gasteiger partial charge in [-0.05, 0) is 43.4 Å². The van der Waals surface area contributed by atoms with E-state index in [0.29, 0.717) is 5.92 Å². The van der Waals surface area contributed by atoms with Crippen molar-refractivity contribution in [1.29, 1.82) is 0 Å². The van der Waals surface area contributed by atoms with Crippen LogP contribution in [0.2, 0.25) is 0 Å². The average Bonchev–Trinajstić information content (AvgIpc) is 2.45. The molecule has 1 atom stereocenters. The standard InChI is InChI=1S/C15H23NO2/c1-17-15-7-3-2-6-14(15)8-9-16-11-13-5-4-10-18-12-13/h2-3,6-7,13,16H,4-5,8-12H2,1H3. The van der Waals surface area contributed by atoms with E-state index in [1.807, 2.05) is 12.1 Å². The van der Waals surface area contributed by atoms with E-state index in [1.165, 1.54) is 18.4 Å². The second-order valence-corrected chi connectivity index (χ2v) is 4.85. The van der Waals surface area contributed by atoms with Gasteiger partial charge >= 0.3 is 0 Å². The Morgan fingerprint density at radius 3 is 3.06 bits per heavy atom. The number of ether oxygens (including phenoxy) is 2. The van der Waals surface area contributed by atoms with Gasteiger partial charge in [-0.15, -0.1) is 0 Å². The highest BCUT2D eigenvalue weighted by Crippen LogP contribution is 2.17. The summed E-state index contributed by atoms with van der Waals surface area (Å²) in [6, 6.07) is 8.22. The van der Waals surface area contributed by atoms with E-state index in [2.05, 4.69) is 17.4 Å². The van der Waals surface area contributed by atoms with Crippen LogP contribution >= 0.6 is 0 Å². The second-order valence-electron chi connectivity index (χ2n) is 4.85. The van der Waals surface area contributed by atoms with Crippen LogP contribution < -0.4 is 10.1 Å². The number of methoxy groups -OCH3 is 1. The van der Waals surface area contributed by atoms with Crippen LogP contribution in [0, 0.1) is 5.92 Å². The van der Waals surface area contributed by atoms with E-state index in [4.69, 9.17) is 9.47 Å². The third-order valence-electron chi connectivity index (χ3n) is 3.45. The normalized spacial score (nSPS) is 19.7. The molecule has 1 heterocycles. The number of nitrogens with one attached hydrogen (secondary N) is 1. The zero-order valence-corrected chi connectivity index (χ0v) is 11.2. The summed E-state index contributed by atoms with van der Waals surface area (Å²) in [6.07, 6.45) is 3.51. The summed E-state index contributed by atoms with van der Waals surface area (Å²) in [5.74, 6) is 1.68. The largest absolute Gasteiger partial charge is 0.496 e. The molecule has 1 aliphatic heterocycles. The van der Waals surface area contributed by atoms with Crippen molar-refractivity contribution in [2.24, 2.45) is 5.92 Å². The van der Waals surface area contributed by atoms with Gasteiger partial charge in [0.2, 0.25) is 0 Å². The smallest absolute Gasteiger partial charge is 0.122 e. The Labute approximate surface area is 109 Å². The molecule has 1 fully saturated rings. The molecule has 0 spiro atoms. The summed E-state index contributed by atoms with van der Waals surface area (Å²) < 4.78 is 10.8. The Bertz CT molecular complexity index is 348. The molecule has 0 aromatic heterocycles. The van der Waals surface area contributed by atoms with Crippen LogP contribution in [-0.2, 0) is 11.2 Å². The highest BCUT2D eigenvalue weighted by atomic mass is 16.5. The van der Waals surface area contributed by atoms with Gasteiger partial charge in [-0.25, -0.2) is 0 Å². The topological polar surface area (TPSA) is 30.5 Å². The monoisotopic (exact) mass is 249 g/mol. The number of hydrogen-bond acceptors (Lipinski definition) is 3. The second kappa shape index (κ2) is 7.39. The van der Waals surface area contributed by atoms with Gasteiger partial charge in [-0.1, -0.05) is 18.2 Å².